The Hall–Kier alpha value is -1.89. The molecule has 5 nitrogen and oxygen atoms in total. The van der Waals surface area contributed by atoms with Gasteiger partial charge in [-0.25, -0.2) is 4.39 Å². The van der Waals surface area contributed by atoms with Crippen molar-refractivity contribution in [3.05, 3.63) is 30.1 Å². The molecule has 0 saturated heterocycles. The molecule has 1 aromatic carbocycles. The van der Waals surface area contributed by atoms with Crippen molar-refractivity contribution in [1.82, 2.24) is 15.0 Å². The van der Waals surface area contributed by atoms with Crippen molar-refractivity contribution in [3.8, 4) is 6.01 Å². The molecule has 1 heterocycles. The average molecular weight is 280 g/mol. The number of rotatable bonds is 4. The molecule has 0 spiro atoms. The van der Waals surface area contributed by atoms with Crippen LogP contribution < -0.4 is 10.5 Å². The van der Waals surface area contributed by atoms with E-state index >= 15 is 0 Å². The molecule has 2 N–H and O–H groups in total. The quantitative estimate of drug-likeness (QED) is 0.927. The van der Waals surface area contributed by atoms with E-state index in [1.54, 1.807) is 18.2 Å². The summed E-state index contributed by atoms with van der Waals surface area (Å²) in [6.07, 6.45) is -0.0758. The van der Waals surface area contributed by atoms with E-state index in [0.29, 0.717) is 10.1 Å². The third kappa shape index (κ3) is 3.78. The third-order valence-electron chi connectivity index (χ3n) is 1.99. The van der Waals surface area contributed by atoms with Gasteiger partial charge in [-0.3, -0.25) is 0 Å². The summed E-state index contributed by atoms with van der Waals surface area (Å²) in [6.45, 7) is 3.70. The Morgan fingerprint density at radius 3 is 2.63 bits per heavy atom. The zero-order chi connectivity index (χ0) is 13.8. The van der Waals surface area contributed by atoms with Gasteiger partial charge in [-0.15, -0.1) is 0 Å². The number of halogens is 1. The number of benzene rings is 1. The maximum atomic E-state index is 13.5. The molecule has 7 heteroatoms. The van der Waals surface area contributed by atoms with Gasteiger partial charge in [0.15, 0.2) is 0 Å². The predicted octanol–water partition coefficient (Wildman–Crippen LogP) is 2.53. The Balaban J connectivity index is 2.25. The first kappa shape index (κ1) is 13.5. The average Bonchev–Trinajstić information content (AvgIpc) is 2.30. The first-order valence-electron chi connectivity index (χ1n) is 5.65. The lowest BCUT2D eigenvalue weighted by Crippen LogP contribution is -2.10. The van der Waals surface area contributed by atoms with E-state index in [9.17, 15) is 4.39 Å². The Kier molecular flexibility index (Phi) is 4.16. The van der Waals surface area contributed by atoms with Crippen LogP contribution in [-0.4, -0.2) is 21.1 Å². The summed E-state index contributed by atoms with van der Waals surface area (Å²) in [5.41, 5.74) is 5.58. The summed E-state index contributed by atoms with van der Waals surface area (Å²) in [4.78, 5) is 12.3. The summed E-state index contributed by atoms with van der Waals surface area (Å²) in [7, 11) is 0. The fourth-order valence-corrected chi connectivity index (χ4v) is 2.06. The van der Waals surface area contributed by atoms with E-state index in [-0.39, 0.29) is 23.9 Å². The van der Waals surface area contributed by atoms with Crippen LogP contribution in [-0.2, 0) is 0 Å². The molecule has 0 fully saturated rings. The van der Waals surface area contributed by atoms with Gasteiger partial charge in [0.1, 0.15) is 5.82 Å². The van der Waals surface area contributed by atoms with Crippen molar-refractivity contribution in [1.29, 1.82) is 0 Å². The van der Waals surface area contributed by atoms with Crippen LogP contribution in [0.3, 0.4) is 0 Å². The van der Waals surface area contributed by atoms with Crippen molar-refractivity contribution in [3.63, 3.8) is 0 Å². The van der Waals surface area contributed by atoms with E-state index in [2.05, 4.69) is 15.0 Å². The van der Waals surface area contributed by atoms with Gasteiger partial charge in [-0.1, -0.05) is 12.1 Å². The summed E-state index contributed by atoms with van der Waals surface area (Å²) in [5, 5.41) is 0.299. The SMILES string of the molecule is CC(C)Oc1nc(N)nc(Sc2ccccc2F)n1. The molecule has 0 unspecified atom stereocenters. The highest BCUT2D eigenvalue weighted by Crippen LogP contribution is 2.28. The van der Waals surface area contributed by atoms with Crippen LogP contribution in [0.15, 0.2) is 34.3 Å². The van der Waals surface area contributed by atoms with Crippen molar-refractivity contribution < 1.29 is 9.13 Å². The van der Waals surface area contributed by atoms with Crippen LogP contribution in [0.5, 0.6) is 6.01 Å². The lowest BCUT2D eigenvalue weighted by atomic mass is 10.4. The summed E-state index contributed by atoms with van der Waals surface area (Å²) >= 11 is 1.07. The first-order chi connectivity index (χ1) is 9.04. The van der Waals surface area contributed by atoms with Gasteiger partial charge in [0, 0.05) is 0 Å². The van der Waals surface area contributed by atoms with Crippen LogP contribution in [0.4, 0.5) is 10.3 Å². The lowest BCUT2D eigenvalue weighted by molar-refractivity contribution is 0.219. The first-order valence-corrected chi connectivity index (χ1v) is 6.47. The smallest absolute Gasteiger partial charge is 0.322 e. The maximum absolute atomic E-state index is 13.5. The molecule has 0 amide bonds. The molecule has 0 radical (unpaired) electrons. The van der Waals surface area contributed by atoms with E-state index in [4.69, 9.17) is 10.5 Å². The minimum atomic E-state index is -0.335. The van der Waals surface area contributed by atoms with Gasteiger partial charge in [-0.2, -0.15) is 15.0 Å². The molecule has 0 saturated carbocycles. The summed E-state index contributed by atoms with van der Waals surface area (Å²) < 4.78 is 18.9. The highest BCUT2D eigenvalue weighted by Gasteiger charge is 2.10. The minimum Gasteiger partial charge on any atom is -0.461 e. The maximum Gasteiger partial charge on any atom is 0.322 e. The van der Waals surface area contributed by atoms with E-state index in [0.717, 1.165) is 11.8 Å². The highest BCUT2D eigenvalue weighted by atomic mass is 32.2. The number of nitrogens with zero attached hydrogens (tertiary/aromatic N) is 3. The molecular formula is C12H13FN4OS. The van der Waals surface area contributed by atoms with Gasteiger partial charge in [0.05, 0.1) is 11.0 Å². The van der Waals surface area contributed by atoms with Crippen LogP contribution in [0.2, 0.25) is 0 Å². The third-order valence-corrected chi connectivity index (χ3v) is 2.91. The monoisotopic (exact) mass is 280 g/mol. The van der Waals surface area contributed by atoms with Crippen LogP contribution in [0, 0.1) is 5.82 Å². The normalized spacial score (nSPS) is 10.7. The Labute approximate surface area is 114 Å². The largest absolute Gasteiger partial charge is 0.461 e. The molecule has 0 aliphatic carbocycles. The number of aromatic nitrogens is 3. The zero-order valence-corrected chi connectivity index (χ0v) is 11.3. The zero-order valence-electron chi connectivity index (χ0n) is 10.5. The summed E-state index contributed by atoms with van der Waals surface area (Å²) in [6, 6.07) is 6.51. The number of nitrogen functional groups attached to an aromatic ring is 1. The number of ether oxygens (including phenoxy) is 1. The Morgan fingerprint density at radius 2 is 1.95 bits per heavy atom. The molecule has 100 valence electrons. The van der Waals surface area contributed by atoms with Crippen molar-refractivity contribution in [2.75, 3.05) is 5.73 Å². The lowest BCUT2D eigenvalue weighted by Gasteiger charge is -2.08. The molecule has 0 bridgehead atoms. The second-order valence-corrected chi connectivity index (χ2v) is 4.97. The summed E-state index contributed by atoms with van der Waals surface area (Å²) in [5.74, 6) is -0.290. The topological polar surface area (TPSA) is 73.9 Å². The Bertz CT molecular complexity index is 579. The van der Waals surface area contributed by atoms with E-state index < -0.39 is 0 Å². The molecule has 0 aliphatic rings. The van der Waals surface area contributed by atoms with Gasteiger partial charge in [0.25, 0.3) is 0 Å². The number of anilines is 1. The van der Waals surface area contributed by atoms with Gasteiger partial charge in [0.2, 0.25) is 11.1 Å². The number of nitrogens with two attached hydrogens (primary N) is 1. The Morgan fingerprint density at radius 1 is 1.21 bits per heavy atom. The predicted molar refractivity (Wildman–Crippen MR) is 70.5 cm³/mol. The minimum absolute atomic E-state index is 0.0458. The van der Waals surface area contributed by atoms with Gasteiger partial charge < -0.3 is 10.5 Å². The van der Waals surface area contributed by atoms with Gasteiger partial charge >= 0.3 is 6.01 Å². The highest BCUT2D eigenvalue weighted by molar-refractivity contribution is 7.99. The second kappa shape index (κ2) is 5.83. The fraction of sp³-hybridized carbons (Fsp3) is 0.250. The fourth-order valence-electron chi connectivity index (χ4n) is 1.29. The molecule has 0 atom stereocenters. The molecule has 19 heavy (non-hydrogen) atoms. The van der Waals surface area contributed by atoms with Crippen molar-refractivity contribution >= 4 is 17.7 Å². The van der Waals surface area contributed by atoms with Crippen molar-refractivity contribution in [2.24, 2.45) is 0 Å². The standard InChI is InChI=1S/C12H13FN4OS/c1-7(2)18-11-15-10(14)16-12(17-11)19-9-6-4-3-5-8(9)13/h3-7H,1-2H3,(H2,14,15,16,17). The van der Waals surface area contributed by atoms with Crippen LogP contribution in [0.25, 0.3) is 0 Å². The molecule has 0 aliphatic heterocycles. The molecule has 2 aromatic rings. The van der Waals surface area contributed by atoms with E-state index in [1.165, 1.54) is 6.07 Å². The molecule has 2 rings (SSSR count). The number of hydrogen-bond donors (Lipinski definition) is 1. The van der Waals surface area contributed by atoms with Gasteiger partial charge in [-0.05, 0) is 37.7 Å². The molecule has 1 aromatic heterocycles. The van der Waals surface area contributed by atoms with Crippen LogP contribution in [0.1, 0.15) is 13.8 Å². The van der Waals surface area contributed by atoms with Crippen molar-refractivity contribution in [2.45, 2.75) is 30.0 Å². The molecular weight excluding hydrogens is 267 g/mol. The second-order valence-electron chi connectivity index (χ2n) is 3.96. The van der Waals surface area contributed by atoms with Crippen LogP contribution >= 0.6 is 11.8 Å². The number of hydrogen-bond acceptors (Lipinski definition) is 6. The van der Waals surface area contributed by atoms with E-state index in [1.807, 2.05) is 13.8 Å².